The zero-order valence-corrected chi connectivity index (χ0v) is 7.58. The summed E-state index contributed by atoms with van der Waals surface area (Å²) in [5, 5.41) is 1.84. The van der Waals surface area contributed by atoms with Gasteiger partial charge in [-0.05, 0) is 12.8 Å². The number of nitrogens with one attached hydrogen (secondary N) is 1. The zero-order valence-electron chi connectivity index (χ0n) is 7.58. The van der Waals surface area contributed by atoms with E-state index in [1.165, 1.54) is 6.42 Å². The summed E-state index contributed by atoms with van der Waals surface area (Å²) >= 11 is 0. The Kier molecular flexibility index (Phi) is 3.70. The highest BCUT2D eigenvalue weighted by Gasteiger charge is 2.13. The second kappa shape index (κ2) is 4.81. The van der Waals surface area contributed by atoms with Gasteiger partial charge in [0, 0.05) is 13.1 Å². The van der Waals surface area contributed by atoms with Crippen molar-refractivity contribution in [2.75, 3.05) is 13.1 Å². The molecule has 0 spiro atoms. The van der Waals surface area contributed by atoms with Gasteiger partial charge in [0.05, 0.1) is 0 Å². The Morgan fingerprint density at radius 3 is 2.38 bits per heavy atom. The Hall–Kier alpha value is -1.10. The van der Waals surface area contributed by atoms with E-state index < -0.39 is 5.91 Å². The second-order valence-electron chi connectivity index (χ2n) is 3.23. The number of primary amides is 1. The first-order valence-electron chi connectivity index (χ1n) is 4.51. The van der Waals surface area contributed by atoms with Crippen molar-refractivity contribution in [1.82, 2.24) is 10.4 Å². The van der Waals surface area contributed by atoms with Crippen LogP contribution in [0.2, 0.25) is 0 Å². The number of nitrogens with two attached hydrogens (primary N) is 1. The van der Waals surface area contributed by atoms with E-state index in [2.05, 4.69) is 5.43 Å². The Morgan fingerprint density at radius 1 is 1.23 bits per heavy atom. The zero-order chi connectivity index (χ0) is 9.68. The highest BCUT2D eigenvalue weighted by molar-refractivity contribution is 5.95. The maximum absolute atomic E-state index is 11.1. The summed E-state index contributed by atoms with van der Waals surface area (Å²) in [6, 6.07) is 0. The number of amides is 2. The highest BCUT2D eigenvalue weighted by Crippen LogP contribution is 2.05. The number of hydrogen-bond donors (Lipinski definition) is 2. The summed E-state index contributed by atoms with van der Waals surface area (Å²) in [7, 11) is 0. The number of piperidine rings is 1. The van der Waals surface area contributed by atoms with Gasteiger partial charge in [-0.1, -0.05) is 6.42 Å². The lowest BCUT2D eigenvalue weighted by atomic mass is 10.2. The van der Waals surface area contributed by atoms with Gasteiger partial charge in [-0.3, -0.25) is 15.0 Å². The van der Waals surface area contributed by atoms with Crippen LogP contribution in [-0.2, 0) is 9.59 Å². The molecule has 5 heteroatoms. The van der Waals surface area contributed by atoms with Crippen molar-refractivity contribution in [3.05, 3.63) is 0 Å². The molecule has 0 atom stereocenters. The van der Waals surface area contributed by atoms with Crippen LogP contribution >= 0.6 is 0 Å². The van der Waals surface area contributed by atoms with Gasteiger partial charge in [0.15, 0.2) is 0 Å². The van der Waals surface area contributed by atoms with Crippen molar-refractivity contribution in [1.29, 1.82) is 0 Å². The molecular formula is C8H15N3O2. The molecule has 1 fully saturated rings. The van der Waals surface area contributed by atoms with E-state index in [1.807, 2.05) is 5.01 Å². The van der Waals surface area contributed by atoms with Gasteiger partial charge in [0.2, 0.25) is 11.8 Å². The van der Waals surface area contributed by atoms with Crippen LogP contribution in [0.4, 0.5) is 0 Å². The second-order valence-corrected chi connectivity index (χ2v) is 3.23. The molecule has 13 heavy (non-hydrogen) atoms. The van der Waals surface area contributed by atoms with Crippen molar-refractivity contribution in [2.45, 2.75) is 25.7 Å². The Bertz CT molecular complexity index is 200. The van der Waals surface area contributed by atoms with E-state index in [9.17, 15) is 9.59 Å². The summed E-state index contributed by atoms with van der Waals surface area (Å²) in [6.45, 7) is 1.73. The van der Waals surface area contributed by atoms with Crippen molar-refractivity contribution in [2.24, 2.45) is 5.73 Å². The average Bonchev–Trinajstić information content (AvgIpc) is 2.04. The molecule has 1 saturated heterocycles. The summed E-state index contributed by atoms with van der Waals surface area (Å²) in [5.74, 6) is -0.899. The van der Waals surface area contributed by atoms with Crippen LogP contribution < -0.4 is 11.2 Å². The molecule has 2 amide bonds. The third-order valence-electron chi connectivity index (χ3n) is 1.97. The summed E-state index contributed by atoms with van der Waals surface area (Å²) in [6.07, 6.45) is 3.17. The first-order chi connectivity index (χ1) is 6.18. The van der Waals surface area contributed by atoms with Crippen LogP contribution in [0.25, 0.3) is 0 Å². The summed E-state index contributed by atoms with van der Waals surface area (Å²) in [4.78, 5) is 21.5. The molecule has 5 nitrogen and oxygen atoms in total. The fourth-order valence-corrected chi connectivity index (χ4v) is 1.38. The third kappa shape index (κ3) is 3.89. The van der Waals surface area contributed by atoms with Gasteiger partial charge in [0.1, 0.15) is 6.42 Å². The number of hydrazine groups is 1. The van der Waals surface area contributed by atoms with Crippen LogP contribution in [0.15, 0.2) is 0 Å². The maximum atomic E-state index is 11.1. The number of carbonyl (C=O) groups is 2. The number of hydrogen-bond acceptors (Lipinski definition) is 3. The van der Waals surface area contributed by atoms with Gasteiger partial charge in [0.25, 0.3) is 0 Å². The SMILES string of the molecule is NC(=O)CC(=O)NN1CCCCC1. The summed E-state index contributed by atoms with van der Waals surface area (Å²) < 4.78 is 0. The molecule has 0 unspecified atom stereocenters. The molecule has 0 aromatic carbocycles. The Balaban J connectivity index is 2.22. The molecule has 0 aromatic heterocycles. The molecular weight excluding hydrogens is 170 g/mol. The minimum absolute atomic E-state index is 0.226. The van der Waals surface area contributed by atoms with E-state index in [1.54, 1.807) is 0 Å². The first kappa shape index (κ1) is 9.98. The quantitative estimate of drug-likeness (QED) is 0.575. The third-order valence-corrected chi connectivity index (χ3v) is 1.97. The largest absolute Gasteiger partial charge is 0.369 e. The maximum Gasteiger partial charge on any atom is 0.243 e. The van der Waals surface area contributed by atoms with Crippen LogP contribution in [0.5, 0.6) is 0 Å². The predicted octanol–water partition coefficient (Wildman–Crippen LogP) is -0.621. The molecule has 1 aliphatic rings. The van der Waals surface area contributed by atoms with Crippen LogP contribution in [0.1, 0.15) is 25.7 Å². The molecule has 1 aliphatic heterocycles. The fraction of sp³-hybridized carbons (Fsp3) is 0.750. The van der Waals surface area contributed by atoms with Gasteiger partial charge in [-0.25, -0.2) is 5.01 Å². The molecule has 0 aromatic rings. The van der Waals surface area contributed by atoms with Crippen molar-refractivity contribution < 1.29 is 9.59 Å². The van der Waals surface area contributed by atoms with Crippen molar-refractivity contribution in [3.63, 3.8) is 0 Å². The minimum Gasteiger partial charge on any atom is -0.369 e. The number of nitrogens with zero attached hydrogens (tertiary/aromatic N) is 1. The molecule has 1 rings (SSSR count). The highest BCUT2D eigenvalue weighted by atomic mass is 16.2. The van der Waals surface area contributed by atoms with E-state index in [0.717, 1.165) is 25.9 Å². The standard InChI is InChI=1S/C8H15N3O2/c9-7(12)6-8(13)10-11-4-2-1-3-5-11/h1-6H2,(H2,9,12)(H,10,13). The smallest absolute Gasteiger partial charge is 0.243 e. The normalized spacial score (nSPS) is 18.2. The molecule has 0 bridgehead atoms. The molecule has 0 aliphatic carbocycles. The molecule has 0 saturated carbocycles. The Morgan fingerprint density at radius 2 is 1.85 bits per heavy atom. The first-order valence-corrected chi connectivity index (χ1v) is 4.51. The van der Waals surface area contributed by atoms with Gasteiger partial charge in [-0.2, -0.15) is 0 Å². The molecule has 3 N–H and O–H groups in total. The van der Waals surface area contributed by atoms with Crippen molar-refractivity contribution in [3.8, 4) is 0 Å². The summed E-state index contributed by atoms with van der Waals surface area (Å²) in [5.41, 5.74) is 7.52. The van der Waals surface area contributed by atoms with E-state index in [4.69, 9.17) is 5.73 Å². The minimum atomic E-state index is -0.588. The topological polar surface area (TPSA) is 75.4 Å². The van der Waals surface area contributed by atoms with Gasteiger partial charge >= 0.3 is 0 Å². The molecule has 1 heterocycles. The molecule has 74 valence electrons. The predicted molar refractivity (Wildman–Crippen MR) is 47.4 cm³/mol. The van der Waals surface area contributed by atoms with Crippen LogP contribution in [0.3, 0.4) is 0 Å². The number of rotatable bonds is 3. The van der Waals surface area contributed by atoms with Gasteiger partial charge < -0.3 is 5.73 Å². The van der Waals surface area contributed by atoms with E-state index in [-0.39, 0.29) is 12.3 Å². The van der Waals surface area contributed by atoms with E-state index >= 15 is 0 Å². The lowest BCUT2D eigenvalue weighted by Gasteiger charge is -2.26. The monoisotopic (exact) mass is 185 g/mol. The van der Waals surface area contributed by atoms with Crippen LogP contribution in [-0.4, -0.2) is 29.9 Å². The van der Waals surface area contributed by atoms with E-state index in [0.29, 0.717) is 0 Å². The number of carbonyl (C=O) groups excluding carboxylic acids is 2. The fourth-order valence-electron chi connectivity index (χ4n) is 1.38. The van der Waals surface area contributed by atoms with Gasteiger partial charge in [-0.15, -0.1) is 0 Å². The van der Waals surface area contributed by atoms with Crippen LogP contribution in [0, 0.1) is 0 Å². The molecule has 0 radical (unpaired) electrons. The lowest BCUT2D eigenvalue weighted by Crippen LogP contribution is -2.45. The van der Waals surface area contributed by atoms with Crippen molar-refractivity contribution >= 4 is 11.8 Å². The Labute approximate surface area is 77.2 Å². The lowest BCUT2D eigenvalue weighted by molar-refractivity contribution is -0.131. The average molecular weight is 185 g/mol.